The fourth-order valence-corrected chi connectivity index (χ4v) is 2.19. The molecule has 0 unspecified atom stereocenters. The van der Waals surface area contributed by atoms with Crippen molar-refractivity contribution in [3.05, 3.63) is 58.0 Å². The summed E-state index contributed by atoms with van der Waals surface area (Å²) in [6.45, 7) is 1.77. The highest BCUT2D eigenvalue weighted by molar-refractivity contribution is 5.90. The lowest BCUT2D eigenvalue weighted by Crippen LogP contribution is -2.11. The summed E-state index contributed by atoms with van der Waals surface area (Å²) in [4.78, 5) is 15.9. The molecule has 2 heterocycles. The molecule has 0 bridgehead atoms. The summed E-state index contributed by atoms with van der Waals surface area (Å²) >= 11 is 0. The van der Waals surface area contributed by atoms with E-state index in [0.29, 0.717) is 5.39 Å². The van der Waals surface area contributed by atoms with Crippen LogP contribution in [0.15, 0.2) is 41.3 Å². The molecular weight excluding hydrogens is 295 g/mol. The first-order valence-corrected chi connectivity index (χ1v) is 6.39. The second-order valence-electron chi connectivity index (χ2n) is 4.89. The molecule has 0 aliphatic rings. The molecule has 0 radical (unpaired) electrons. The van der Waals surface area contributed by atoms with Crippen molar-refractivity contribution in [1.82, 2.24) is 15.2 Å². The molecule has 3 rings (SSSR count). The number of fused-ring (bicyclic) bond motifs is 1. The first-order valence-electron chi connectivity index (χ1n) is 6.39. The Bertz CT molecular complexity index is 916. The topological polar surface area (TPSA) is 58.6 Å². The lowest BCUT2D eigenvalue weighted by molar-refractivity contribution is -0.137. The highest BCUT2D eigenvalue weighted by Crippen LogP contribution is 2.32. The highest BCUT2D eigenvalue weighted by Gasteiger charge is 2.30. The van der Waals surface area contributed by atoms with Crippen LogP contribution in [0, 0.1) is 6.92 Å². The number of nitrogens with one attached hydrogen (secondary N) is 1. The molecule has 22 heavy (non-hydrogen) atoms. The second kappa shape index (κ2) is 4.94. The van der Waals surface area contributed by atoms with Gasteiger partial charge in [0.2, 0.25) is 0 Å². The van der Waals surface area contributed by atoms with Gasteiger partial charge in [-0.1, -0.05) is 12.1 Å². The Labute approximate surface area is 122 Å². The molecule has 0 amide bonds. The molecule has 3 aromatic rings. The number of rotatable bonds is 1. The first-order chi connectivity index (χ1) is 10.4. The number of aryl methyl sites for hydroxylation is 1. The van der Waals surface area contributed by atoms with Gasteiger partial charge in [0.1, 0.15) is 11.2 Å². The van der Waals surface area contributed by atoms with Crippen LogP contribution in [-0.2, 0) is 6.18 Å². The molecule has 0 fully saturated rings. The molecular formula is C15H10F3N3O. The Hall–Kier alpha value is -2.70. The van der Waals surface area contributed by atoms with E-state index in [1.807, 2.05) is 0 Å². The van der Waals surface area contributed by atoms with Crippen LogP contribution in [0.2, 0.25) is 0 Å². The van der Waals surface area contributed by atoms with Crippen molar-refractivity contribution in [3.8, 4) is 11.3 Å². The minimum atomic E-state index is -4.45. The summed E-state index contributed by atoms with van der Waals surface area (Å²) in [6.07, 6.45) is -2.90. The fraction of sp³-hybridized carbons (Fsp3) is 0.133. The zero-order chi connectivity index (χ0) is 15.9. The van der Waals surface area contributed by atoms with Gasteiger partial charge in [-0.2, -0.15) is 18.3 Å². The Morgan fingerprint density at radius 2 is 1.95 bits per heavy atom. The summed E-state index contributed by atoms with van der Waals surface area (Å²) in [5.74, 6) is 0. The number of halogens is 3. The zero-order valence-corrected chi connectivity index (χ0v) is 11.4. The minimum Gasteiger partial charge on any atom is -0.267 e. The third-order valence-corrected chi connectivity index (χ3v) is 3.23. The predicted octanol–water partition coefficient (Wildman–Crippen LogP) is 3.31. The van der Waals surface area contributed by atoms with E-state index in [1.54, 1.807) is 19.2 Å². The normalized spacial score (nSPS) is 11.8. The summed E-state index contributed by atoms with van der Waals surface area (Å²) in [7, 11) is 0. The summed E-state index contributed by atoms with van der Waals surface area (Å²) in [6, 6.07) is 6.39. The Morgan fingerprint density at radius 3 is 2.68 bits per heavy atom. The number of benzene rings is 1. The van der Waals surface area contributed by atoms with Gasteiger partial charge in [-0.15, -0.1) is 0 Å². The van der Waals surface area contributed by atoms with Crippen LogP contribution >= 0.6 is 0 Å². The van der Waals surface area contributed by atoms with Crippen molar-refractivity contribution >= 4 is 10.9 Å². The Kier molecular flexibility index (Phi) is 3.20. The molecule has 0 spiro atoms. The van der Waals surface area contributed by atoms with Gasteiger partial charge in [0.25, 0.3) is 5.56 Å². The molecule has 112 valence electrons. The first kappa shape index (κ1) is 14.2. The summed E-state index contributed by atoms with van der Waals surface area (Å²) in [5, 5.41) is 6.46. The van der Waals surface area contributed by atoms with Crippen molar-refractivity contribution in [2.75, 3.05) is 0 Å². The number of hydrogen-bond donors (Lipinski definition) is 1. The van der Waals surface area contributed by atoms with Gasteiger partial charge in [0.05, 0.1) is 10.9 Å². The van der Waals surface area contributed by atoms with Crippen molar-refractivity contribution < 1.29 is 13.2 Å². The van der Waals surface area contributed by atoms with Crippen LogP contribution in [0.3, 0.4) is 0 Å². The zero-order valence-electron chi connectivity index (χ0n) is 11.4. The molecule has 0 saturated carbocycles. The standard InChI is InChI=1S/C15H10F3N3O/c1-8-5-11-13(19-7-8)12(20-21-14(11)22)9-3-2-4-10(6-9)15(16,17)18/h2-7H,1H3,(H,21,22). The number of pyridine rings is 1. The summed E-state index contributed by atoms with van der Waals surface area (Å²) in [5.41, 5.74) is 0.293. The van der Waals surface area contributed by atoms with E-state index in [9.17, 15) is 18.0 Å². The van der Waals surface area contributed by atoms with Crippen LogP contribution in [0.4, 0.5) is 13.2 Å². The molecule has 4 nitrogen and oxygen atoms in total. The monoisotopic (exact) mass is 305 g/mol. The predicted molar refractivity (Wildman–Crippen MR) is 75.3 cm³/mol. The Balaban J connectivity index is 2.28. The maximum absolute atomic E-state index is 12.8. The third kappa shape index (κ3) is 2.45. The molecule has 7 heteroatoms. The fourth-order valence-electron chi connectivity index (χ4n) is 2.19. The molecule has 0 atom stereocenters. The average Bonchev–Trinajstić information content (AvgIpc) is 2.47. The quantitative estimate of drug-likeness (QED) is 0.750. The van der Waals surface area contributed by atoms with Crippen molar-refractivity contribution in [2.45, 2.75) is 13.1 Å². The van der Waals surface area contributed by atoms with Crippen LogP contribution < -0.4 is 5.56 Å². The van der Waals surface area contributed by atoms with E-state index in [4.69, 9.17) is 0 Å². The minimum absolute atomic E-state index is 0.209. The number of hydrogen-bond acceptors (Lipinski definition) is 3. The van der Waals surface area contributed by atoms with Gasteiger partial charge in [0, 0.05) is 11.8 Å². The molecule has 0 saturated heterocycles. The number of aromatic nitrogens is 3. The SMILES string of the molecule is Cc1cnc2c(-c3cccc(C(F)(F)F)c3)n[nH]c(=O)c2c1. The number of H-pyrrole nitrogens is 1. The van der Waals surface area contributed by atoms with E-state index in [2.05, 4.69) is 15.2 Å². The van der Waals surface area contributed by atoms with E-state index in [1.165, 1.54) is 12.1 Å². The molecule has 0 aliphatic heterocycles. The Morgan fingerprint density at radius 1 is 1.18 bits per heavy atom. The largest absolute Gasteiger partial charge is 0.416 e. The van der Waals surface area contributed by atoms with Gasteiger partial charge in [-0.25, -0.2) is 5.10 Å². The molecule has 2 aromatic heterocycles. The van der Waals surface area contributed by atoms with Gasteiger partial charge in [0.15, 0.2) is 0 Å². The van der Waals surface area contributed by atoms with E-state index >= 15 is 0 Å². The summed E-state index contributed by atoms with van der Waals surface area (Å²) < 4.78 is 38.5. The van der Waals surface area contributed by atoms with Gasteiger partial charge < -0.3 is 0 Å². The lowest BCUT2D eigenvalue weighted by atomic mass is 10.1. The molecule has 0 aliphatic carbocycles. The molecule has 1 N–H and O–H groups in total. The third-order valence-electron chi connectivity index (χ3n) is 3.23. The van der Waals surface area contributed by atoms with Crippen molar-refractivity contribution in [2.24, 2.45) is 0 Å². The second-order valence-corrected chi connectivity index (χ2v) is 4.89. The maximum Gasteiger partial charge on any atom is 0.416 e. The number of aromatic amines is 1. The van der Waals surface area contributed by atoms with Gasteiger partial charge in [-0.05, 0) is 30.7 Å². The highest BCUT2D eigenvalue weighted by atomic mass is 19.4. The molecule has 1 aromatic carbocycles. The van der Waals surface area contributed by atoms with E-state index < -0.39 is 17.3 Å². The average molecular weight is 305 g/mol. The van der Waals surface area contributed by atoms with Crippen LogP contribution in [0.25, 0.3) is 22.2 Å². The van der Waals surface area contributed by atoms with E-state index in [0.717, 1.165) is 17.7 Å². The van der Waals surface area contributed by atoms with Crippen LogP contribution in [0.1, 0.15) is 11.1 Å². The van der Waals surface area contributed by atoms with Crippen molar-refractivity contribution in [1.29, 1.82) is 0 Å². The van der Waals surface area contributed by atoms with Gasteiger partial charge in [-0.3, -0.25) is 9.78 Å². The van der Waals surface area contributed by atoms with Gasteiger partial charge >= 0.3 is 6.18 Å². The maximum atomic E-state index is 12.8. The van der Waals surface area contributed by atoms with Crippen molar-refractivity contribution in [3.63, 3.8) is 0 Å². The number of alkyl halides is 3. The van der Waals surface area contributed by atoms with Crippen LogP contribution in [0.5, 0.6) is 0 Å². The smallest absolute Gasteiger partial charge is 0.267 e. The number of nitrogens with zero attached hydrogens (tertiary/aromatic N) is 2. The van der Waals surface area contributed by atoms with Crippen LogP contribution in [-0.4, -0.2) is 15.2 Å². The van der Waals surface area contributed by atoms with E-state index in [-0.39, 0.29) is 16.8 Å². The lowest BCUT2D eigenvalue weighted by Gasteiger charge is -2.09.